The first-order valence-corrected chi connectivity index (χ1v) is 5.03. The number of benzene rings is 1. The molecule has 2 heteroatoms. The van der Waals surface area contributed by atoms with Crippen LogP contribution in [-0.4, -0.2) is 19.0 Å². The fourth-order valence-corrected chi connectivity index (χ4v) is 1.61. The molecule has 0 bridgehead atoms. The molecule has 1 aromatic carbocycles. The van der Waals surface area contributed by atoms with E-state index in [9.17, 15) is 0 Å². The molecule has 1 rings (SSSR count). The first-order valence-electron chi connectivity index (χ1n) is 5.03. The van der Waals surface area contributed by atoms with E-state index in [0.717, 1.165) is 12.2 Å². The summed E-state index contributed by atoms with van der Waals surface area (Å²) in [6.07, 6.45) is 0. The highest BCUT2D eigenvalue weighted by Crippen LogP contribution is 2.22. The van der Waals surface area contributed by atoms with Crippen molar-refractivity contribution in [2.45, 2.75) is 26.3 Å². The van der Waals surface area contributed by atoms with E-state index in [4.69, 9.17) is 5.73 Å². The van der Waals surface area contributed by atoms with Gasteiger partial charge in [-0.05, 0) is 37.2 Å². The number of anilines is 1. The third-order valence-electron chi connectivity index (χ3n) is 2.27. The Hall–Kier alpha value is -1.02. The van der Waals surface area contributed by atoms with Crippen LogP contribution in [0, 0.1) is 0 Å². The monoisotopic (exact) mass is 192 g/mol. The quantitative estimate of drug-likeness (QED) is 0.745. The van der Waals surface area contributed by atoms with Gasteiger partial charge in [-0.2, -0.15) is 0 Å². The van der Waals surface area contributed by atoms with E-state index in [0.29, 0.717) is 5.92 Å². The molecule has 78 valence electrons. The molecule has 0 aliphatic rings. The number of nitrogen functional groups attached to an aromatic ring is 1. The average molecular weight is 192 g/mol. The van der Waals surface area contributed by atoms with Crippen LogP contribution in [0.25, 0.3) is 0 Å². The van der Waals surface area contributed by atoms with Crippen LogP contribution < -0.4 is 5.73 Å². The smallest absolute Gasteiger partial charge is 0.0352 e. The number of hydrogen-bond acceptors (Lipinski definition) is 2. The second kappa shape index (κ2) is 4.47. The Balaban J connectivity index is 2.89. The van der Waals surface area contributed by atoms with Gasteiger partial charge in [0.15, 0.2) is 0 Å². The van der Waals surface area contributed by atoms with E-state index in [-0.39, 0.29) is 0 Å². The van der Waals surface area contributed by atoms with Gasteiger partial charge in [-0.25, -0.2) is 0 Å². The van der Waals surface area contributed by atoms with Crippen molar-refractivity contribution in [3.8, 4) is 0 Å². The molecule has 1 aromatic rings. The van der Waals surface area contributed by atoms with Gasteiger partial charge < -0.3 is 10.6 Å². The zero-order chi connectivity index (χ0) is 10.7. The summed E-state index contributed by atoms with van der Waals surface area (Å²) in [7, 11) is 4.12. The summed E-state index contributed by atoms with van der Waals surface area (Å²) in [5.41, 5.74) is 9.41. The fourth-order valence-electron chi connectivity index (χ4n) is 1.61. The molecule has 0 heterocycles. The maximum absolute atomic E-state index is 5.98. The molecular weight excluding hydrogens is 172 g/mol. The lowest BCUT2D eigenvalue weighted by Gasteiger charge is -2.13. The van der Waals surface area contributed by atoms with Gasteiger partial charge in [0.05, 0.1) is 0 Å². The summed E-state index contributed by atoms with van der Waals surface area (Å²) >= 11 is 0. The van der Waals surface area contributed by atoms with E-state index in [1.165, 1.54) is 11.1 Å². The Morgan fingerprint density at radius 2 is 1.93 bits per heavy atom. The normalized spacial score (nSPS) is 11.3. The molecule has 14 heavy (non-hydrogen) atoms. The van der Waals surface area contributed by atoms with Gasteiger partial charge in [-0.3, -0.25) is 0 Å². The van der Waals surface area contributed by atoms with Crippen molar-refractivity contribution in [2.75, 3.05) is 19.8 Å². The average Bonchev–Trinajstić information content (AvgIpc) is 2.01. The van der Waals surface area contributed by atoms with Gasteiger partial charge in [-0.15, -0.1) is 0 Å². The number of nitrogens with two attached hydrogens (primary N) is 1. The first kappa shape index (κ1) is 11.1. The molecule has 0 unspecified atom stereocenters. The van der Waals surface area contributed by atoms with E-state index < -0.39 is 0 Å². The molecule has 0 saturated carbocycles. The number of hydrogen-bond donors (Lipinski definition) is 1. The fraction of sp³-hybridized carbons (Fsp3) is 0.500. The van der Waals surface area contributed by atoms with Crippen molar-refractivity contribution in [3.05, 3.63) is 29.3 Å². The lowest BCUT2D eigenvalue weighted by Crippen LogP contribution is -2.11. The number of rotatable bonds is 3. The van der Waals surface area contributed by atoms with E-state index in [2.05, 4.69) is 51.0 Å². The second-order valence-electron chi connectivity index (χ2n) is 4.36. The van der Waals surface area contributed by atoms with Crippen molar-refractivity contribution < 1.29 is 0 Å². The highest BCUT2D eigenvalue weighted by Gasteiger charge is 2.04. The van der Waals surface area contributed by atoms with Crippen molar-refractivity contribution in [3.63, 3.8) is 0 Å². The van der Waals surface area contributed by atoms with Crippen LogP contribution in [0.4, 0.5) is 5.69 Å². The van der Waals surface area contributed by atoms with Crippen LogP contribution in [0.1, 0.15) is 30.9 Å². The second-order valence-corrected chi connectivity index (χ2v) is 4.36. The molecule has 0 atom stereocenters. The predicted molar refractivity (Wildman–Crippen MR) is 62.3 cm³/mol. The zero-order valence-electron chi connectivity index (χ0n) is 9.54. The van der Waals surface area contributed by atoms with Gasteiger partial charge >= 0.3 is 0 Å². The third-order valence-corrected chi connectivity index (χ3v) is 2.27. The topological polar surface area (TPSA) is 29.3 Å². The molecule has 0 aliphatic carbocycles. The highest BCUT2D eigenvalue weighted by molar-refractivity contribution is 5.50. The summed E-state index contributed by atoms with van der Waals surface area (Å²) < 4.78 is 0. The minimum atomic E-state index is 0.503. The van der Waals surface area contributed by atoms with Gasteiger partial charge in [0.2, 0.25) is 0 Å². The summed E-state index contributed by atoms with van der Waals surface area (Å²) in [6.45, 7) is 5.28. The molecule has 2 N–H and O–H groups in total. The van der Waals surface area contributed by atoms with E-state index in [1.807, 2.05) is 0 Å². The van der Waals surface area contributed by atoms with Crippen LogP contribution in [-0.2, 0) is 6.54 Å². The Bertz CT molecular complexity index is 303. The molecule has 0 aliphatic heterocycles. The van der Waals surface area contributed by atoms with Crippen LogP contribution in [0.3, 0.4) is 0 Å². The van der Waals surface area contributed by atoms with Crippen LogP contribution >= 0.6 is 0 Å². The summed E-state index contributed by atoms with van der Waals surface area (Å²) in [6, 6.07) is 6.37. The Kier molecular flexibility index (Phi) is 3.53. The standard InChI is InChI=1S/C12H20N2/c1-9(2)11-6-5-10(7-12(11)13)8-14(3)4/h5-7,9H,8,13H2,1-4H3. The van der Waals surface area contributed by atoms with Crippen molar-refractivity contribution in [1.82, 2.24) is 4.90 Å². The highest BCUT2D eigenvalue weighted by atomic mass is 15.0. The van der Waals surface area contributed by atoms with E-state index >= 15 is 0 Å². The van der Waals surface area contributed by atoms with Crippen molar-refractivity contribution in [2.24, 2.45) is 0 Å². The third kappa shape index (κ3) is 2.74. The Labute approximate surface area is 86.7 Å². The first-order chi connectivity index (χ1) is 6.50. The molecule has 0 spiro atoms. The van der Waals surface area contributed by atoms with Gasteiger partial charge in [0.25, 0.3) is 0 Å². The predicted octanol–water partition coefficient (Wildman–Crippen LogP) is 2.45. The summed E-state index contributed by atoms with van der Waals surface area (Å²) in [4.78, 5) is 2.14. The van der Waals surface area contributed by atoms with Crippen LogP contribution in [0.5, 0.6) is 0 Å². The van der Waals surface area contributed by atoms with Gasteiger partial charge in [0, 0.05) is 12.2 Å². The zero-order valence-corrected chi connectivity index (χ0v) is 9.54. The lowest BCUT2D eigenvalue weighted by atomic mass is 9.99. The number of nitrogens with zero attached hydrogens (tertiary/aromatic N) is 1. The van der Waals surface area contributed by atoms with Gasteiger partial charge in [-0.1, -0.05) is 26.0 Å². The minimum absolute atomic E-state index is 0.503. The lowest BCUT2D eigenvalue weighted by molar-refractivity contribution is 0.402. The summed E-state index contributed by atoms with van der Waals surface area (Å²) in [5, 5.41) is 0. The van der Waals surface area contributed by atoms with E-state index in [1.54, 1.807) is 0 Å². The summed E-state index contributed by atoms with van der Waals surface area (Å²) in [5.74, 6) is 0.503. The maximum Gasteiger partial charge on any atom is 0.0352 e. The van der Waals surface area contributed by atoms with Crippen molar-refractivity contribution >= 4 is 5.69 Å². The molecule has 0 radical (unpaired) electrons. The molecule has 0 aromatic heterocycles. The molecule has 0 amide bonds. The van der Waals surface area contributed by atoms with Crippen LogP contribution in [0.2, 0.25) is 0 Å². The Morgan fingerprint density at radius 1 is 1.29 bits per heavy atom. The van der Waals surface area contributed by atoms with Crippen molar-refractivity contribution in [1.29, 1.82) is 0 Å². The van der Waals surface area contributed by atoms with Gasteiger partial charge in [0.1, 0.15) is 0 Å². The molecule has 2 nitrogen and oxygen atoms in total. The molecular formula is C12H20N2. The largest absolute Gasteiger partial charge is 0.398 e. The SMILES string of the molecule is CC(C)c1ccc(CN(C)C)cc1N. The minimum Gasteiger partial charge on any atom is -0.398 e. The molecule has 0 fully saturated rings. The maximum atomic E-state index is 5.98. The van der Waals surface area contributed by atoms with Crippen LogP contribution in [0.15, 0.2) is 18.2 Å². The molecule has 0 saturated heterocycles. The Morgan fingerprint density at radius 3 is 2.36 bits per heavy atom.